The topological polar surface area (TPSA) is 79.0 Å². The van der Waals surface area contributed by atoms with Gasteiger partial charge in [0.2, 0.25) is 11.8 Å². The van der Waals surface area contributed by atoms with E-state index in [1.807, 2.05) is 50.2 Å². The summed E-state index contributed by atoms with van der Waals surface area (Å²) in [5.74, 6) is -2.41. The molecular formula is C20H27N3O4. The molecule has 27 heavy (non-hydrogen) atoms. The van der Waals surface area contributed by atoms with Gasteiger partial charge < -0.3 is 9.64 Å². The van der Waals surface area contributed by atoms with E-state index >= 15 is 0 Å². The second-order valence-corrected chi connectivity index (χ2v) is 7.56. The molecule has 0 aliphatic carbocycles. The van der Waals surface area contributed by atoms with Gasteiger partial charge in [0.25, 0.3) is 0 Å². The highest BCUT2D eigenvalue weighted by Gasteiger charge is 2.67. The average molecular weight is 373 g/mol. The second kappa shape index (κ2) is 6.96. The van der Waals surface area contributed by atoms with Crippen molar-refractivity contribution in [3.8, 4) is 0 Å². The summed E-state index contributed by atoms with van der Waals surface area (Å²) in [5, 5.41) is 3.35. The maximum absolute atomic E-state index is 12.9. The molecule has 1 aromatic rings. The first kappa shape index (κ1) is 19.4. The van der Waals surface area contributed by atoms with Crippen LogP contribution in [0.2, 0.25) is 0 Å². The Balaban J connectivity index is 2.09. The van der Waals surface area contributed by atoms with E-state index < -0.39 is 29.4 Å². The number of rotatable bonds is 5. The molecule has 3 rings (SSSR count). The standard InChI is InChI=1S/C20H27N3O4/c1-6-11-20(19(26)27-5)15-14(17(24)23(4)18(15)25)16(21-20)12-7-9-13(10-8-12)22(2)3/h7-10,14-16,21H,6,11H2,1-5H3/t14-,15-,16-,20+/m0/s1. The number of methoxy groups -OCH3 is 1. The van der Waals surface area contributed by atoms with Crippen molar-refractivity contribution in [2.24, 2.45) is 11.8 Å². The van der Waals surface area contributed by atoms with Crippen LogP contribution >= 0.6 is 0 Å². The van der Waals surface area contributed by atoms with Crippen LogP contribution in [0.4, 0.5) is 5.69 Å². The minimum atomic E-state index is -1.18. The van der Waals surface area contributed by atoms with Crippen LogP contribution in [0, 0.1) is 11.8 Å². The highest BCUT2D eigenvalue weighted by molar-refractivity contribution is 6.09. The smallest absolute Gasteiger partial charge is 0.326 e. The third-order valence-electron chi connectivity index (χ3n) is 5.84. The van der Waals surface area contributed by atoms with Gasteiger partial charge in [0.05, 0.1) is 18.9 Å². The molecule has 0 aromatic heterocycles. The van der Waals surface area contributed by atoms with Crippen LogP contribution in [0.1, 0.15) is 31.4 Å². The summed E-state index contributed by atoms with van der Waals surface area (Å²) in [6, 6.07) is 7.40. The number of esters is 1. The number of ether oxygens (including phenoxy) is 1. The predicted molar refractivity (Wildman–Crippen MR) is 101 cm³/mol. The fraction of sp³-hybridized carbons (Fsp3) is 0.550. The molecular weight excluding hydrogens is 346 g/mol. The Labute approximate surface area is 159 Å². The number of hydrogen-bond donors (Lipinski definition) is 1. The van der Waals surface area contributed by atoms with Gasteiger partial charge in [-0.2, -0.15) is 0 Å². The summed E-state index contributed by atoms with van der Waals surface area (Å²) in [4.78, 5) is 41.7. The molecule has 2 fully saturated rings. The Morgan fingerprint density at radius 1 is 1.22 bits per heavy atom. The van der Waals surface area contributed by atoms with Crippen molar-refractivity contribution in [3.63, 3.8) is 0 Å². The first-order chi connectivity index (χ1) is 12.8. The predicted octanol–water partition coefficient (Wildman–Crippen LogP) is 1.34. The van der Waals surface area contributed by atoms with E-state index in [4.69, 9.17) is 4.74 Å². The van der Waals surface area contributed by atoms with Gasteiger partial charge in [0.15, 0.2) is 0 Å². The van der Waals surface area contributed by atoms with E-state index in [0.717, 1.165) is 16.2 Å². The van der Waals surface area contributed by atoms with Gasteiger partial charge in [-0.3, -0.25) is 24.6 Å². The highest BCUT2D eigenvalue weighted by Crippen LogP contribution is 2.50. The molecule has 7 heteroatoms. The van der Waals surface area contributed by atoms with Crippen LogP contribution in [0.25, 0.3) is 0 Å². The minimum absolute atomic E-state index is 0.249. The lowest BCUT2D eigenvalue weighted by atomic mass is 9.77. The van der Waals surface area contributed by atoms with E-state index in [2.05, 4.69) is 5.32 Å². The number of carbonyl (C=O) groups excluding carboxylic acids is 3. The monoisotopic (exact) mass is 373 g/mol. The molecule has 0 saturated carbocycles. The molecule has 2 heterocycles. The van der Waals surface area contributed by atoms with E-state index in [9.17, 15) is 14.4 Å². The third-order valence-corrected chi connectivity index (χ3v) is 5.84. The molecule has 0 bridgehead atoms. The van der Waals surface area contributed by atoms with Crippen molar-refractivity contribution < 1.29 is 19.1 Å². The number of hydrogen-bond acceptors (Lipinski definition) is 6. The lowest BCUT2D eigenvalue weighted by molar-refractivity contribution is -0.154. The average Bonchev–Trinajstić information content (AvgIpc) is 3.12. The van der Waals surface area contributed by atoms with Crippen LogP contribution in [0.15, 0.2) is 24.3 Å². The number of amides is 2. The van der Waals surface area contributed by atoms with Gasteiger partial charge in [-0.15, -0.1) is 0 Å². The van der Waals surface area contributed by atoms with Crippen molar-refractivity contribution in [1.29, 1.82) is 0 Å². The van der Waals surface area contributed by atoms with Crippen LogP contribution in [0.5, 0.6) is 0 Å². The summed E-state index contributed by atoms with van der Waals surface area (Å²) in [7, 11) is 6.72. The number of carbonyl (C=O) groups is 3. The Morgan fingerprint density at radius 2 is 1.85 bits per heavy atom. The molecule has 0 spiro atoms. The maximum Gasteiger partial charge on any atom is 0.326 e. The van der Waals surface area contributed by atoms with Gasteiger partial charge in [0.1, 0.15) is 5.54 Å². The maximum atomic E-state index is 12.9. The van der Waals surface area contributed by atoms with E-state index in [-0.39, 0.29) is 11.8 Å². The summed E-state index contributed by atoms with van der Waals surface area (Å²) in [5.41, 5.74) is 0.734. The molecule has 0 radical (unpaired) electrons. The quantitative estimate of drug-likeness (QED) is 0.620. The lowest BCUT2D eigenvalue weighted by Crippen LogP contribution is -2.56. The van der Waals surface area contributed by atoms with Gasteiger partial charge in [-0.05, 0) is 24.1 Å². The first-order valence-electron chi connectivity index (χ1n) is 9.23. The van der Waals surface area contributed by atoms with Crippen molar-refractivity contribution >= 4 is 23.5 Å². The first-order valence-corrected chi connectivity index (χ1v) is 9.23. The Morgan fingerprint density at radius 3 is 2.37 bits per heavy atom. The van der Waals surface area contributed by atoms with Gasteiger partial charge >= 0.3 is 5.97 Å². The van der Waals surface area contributed by atoms with Gasteiger partial charge in [-0.1, -0.05) is 25.5 Å². The summed E-state index contributed by atoms with van der Waals surface area (Å²) in [6.07, 6.45) is 1.11. The zero-order chi connectivity index (χ0) is 19.9. The largest absolute Gasteiger partial charge is 0.468 e. The number of nitrogens with zero attached hydrogens (tertiary/aromatic N) is 2. The molecule has 0 unspecified atom stereocenters. The molecule has 2 amide bonds. The van der Waals surface area contributed by atoms with E-state index in [1.54, 1.807) is 0 Å². The molecule has 2 saturated heterocycles. The molecule has 1 N–H and O–H groups in total. The summed E-state index contributed by atoms with van der Waals surface area (Å²) in [6.45, 7) is 1.95. The zero-order valence-corrected chi connectivity index (χ0v) is 16.5. The molecule has 1 aromatic carbocycles. The molecule has 2 aliphatic rings. The highest BCUT2D eigenvalue weighted by atomic mass is 16.5. The van der Waals surface area contributed by atoms with Crippen molar-refractivity contribution in [2.75, 3.05) is 33.2 Å². The number of fused-ring (bicyclic) bond motifs is 1. The molecule has 146 valence electrons. The number of imide groups is 1. The zero-order valence-electron chi connectivity index (χ0n) is 16.5. The SMILES string of the molecule is CCC[C@@]1(C(=O)OC)N[C@@H](c2ccc(N(C)C)cc2)[C@H]2C(=O)N(C)C(=O)[C@H]21. The number of nitrogens with one attached hydrogen (secondary N) is 1. The fourth-order valence-corrected chi connectivity index (χ4v) is 4.51. The van der Waals surface area contributed by atoms with Crippen LogP contribution in [0.3, 0.4) is 0 Å². The lowest BCUT2D eigenvalue weighted by Gasteiger charge is -2.31. The molecule has 7 nitrogen and oxygen atoms in total. The fourth-order valence-electron chi connectivity index (χ4n) is 4.51. The van der Waals surface area contributed by atoms with Crippen molar-refractivity contribution in [1.82, 2.24) is 10.2 Å². The van der Waals surface area contributed by atoms with Crippen LogP contribution in [-0.2, 0) is 19.1 Å². The Hall–Kier alpha value is -2.41. The van der Waals surface area contributed by atoms with E-state index in [0.29, 0.717) is 12.8 Å². The summed E-state index contributed by atoms with van der Waals surface area (Å²) >= 11 is 0. The Bertz CT molecular complexity index is 761. The molecule has 4 atom stereocenters. The van der Waals surface area contributed by atoms with Crippen LogP contribution < -0.4 is 10.2 Å². The second-order valence-electron chi connectivity index (χ2n) is 7.56. The number of likely N-dealkylation sites (tertiary alicyclic amines) is 1. The third kappa shape index (κ3) is 2.81. The Kier molecular flexibility index (Phi) is 4.99. The number of benzene rings is 1. The summed E-state index contributed by atoms with van der Waals surface area (Å²) < 4.78 is 5.06. The van der Waals surface area contributed by atoms with Crippen molar-refractivity contribution in [3.05, 3.63) is 29.8 Å². The normalized spacial score (nSPS) is 29.8. The van der Waals surface area contributed by atoms with Crippen molar-refractivity contribution in [2.45, 2.75) is 31.3 Å². The molecule has 2 aliphatic heterocycles. The van der Waals surface area contributed by atoms with Gasteiger partial charge in [-0.25, -0.2) is 0 Å². The van der Waals surface area contributed by atoms with Crippen LogP contribution in [-0.4, -0.2) is 56.5 Å². The number of anilines is 1. The van der Waals surface area contributed by atoms with E-state index in [1.165, 1.54) is 14.2 Å². The van der Waals surface area contributed by atoms with Gasteiger partial charge in [0, 0.05) is 32.9 Å². The minimum Gasteiger partial charge on any atom is -0.468 e.